The van der Waals surface area contributed by atoms with Gasteiger partial charge < -0.3 is 4.57 Å². The Labute approximate surface area is 135 Å². The summed E-state index contributed by atoms with van der Waals surface area (Å²) in [6.45, 7) is 5.23. The number of aryl methyl sites for hydroxylation is 2. The second-order valence-electron chi connectivity index (χ2n) is 6.47. The van der Waals surface area contributed by atoms with Crippen molar-refractivity contribution in [1.29, 1.82) is 0 Å². The van der Waals surface area contributed by atoms with E-state index >= 15 is 0 Å². The van der Waals surface area contributed by atoms with Gasteiger partial charge in [-0.25, -0.2) is 14.5 Å². The van der Waals surface area contributed by atoms with E-state index in [1.165, 1.54) is 11.4 Å². The van der Waals surface area contributed by atoms with Crippen LogP contribution in [0.5, 0.6) is 0 Å². The molecule has 6 heteroatoms. The molecule has 1 fully saturated rings. The number of hydrogen-bond donors (Lipinski definition) is 0. The average molecular weight is 310 g/mol. The lowest BCUT2D eigenvalue weighted by Crippen LogP contribution is -2.33. The highest BCUT2D eigenvalue weighted by Crippen LogP contribution is 2.28. The maximum Gasteiger partial charge on any atom is 0.155 e. The van der Waals surface area contributed by atoms with Crippen molar-refractivity contribution in [2.24, 2.45) is 7.05 Å². The minimum atomic E-state index is 0.558. The number of fused-ring (bicyclic) bond motifs is 1. The summed E-state index contributed by atoms with van der Waals surface area (Å²) >= 11 is 0. The molecule has 0 radical (unpaired) electrons. The number of nitrogens with zero attached hydrogens (tertiary/aromatic N) is 6. The van der Waals surface area contributed by atoms with Gasteiger partial charge in [0.25, 0.3) is 0 Å². The lowest BCUT2D eigenvalue weighted by atomic mass is 9.93. The van der Waals surface area contributed by atoms with Crippen LogP contribution in [0.15, 0.2) is 30.9 Å². The predicted molar refractivity (Wildman–Crippen MR) is 88.2 cm³/mol. The van der Waals surface area contributed by atoms with Crippen LogP contribution in [0.3, 0.4) is 0 Å². The quantitative estimate of drug-likeness (QED) is 0.744. The molecule has 0 amide bonds. The first-order valence-corrected chi connectivity index (χ1v) is 8.19. The number of aromatic nitrogens is 5. The highest BCUT2D eigenvalue weighted by Gasteiger charge is 2.23. The second kappa shape index (κ2) is 5.77. The number of hydrogen-bond acceptors (Lipinski definition) is 4. The van der Waals surface area contributed by atoms with Gasteiger partial charge in [0.15, 0.2) is 5.65 Å². The van der Waals surface area contributed by atoms with E-state index in [1.54, 1.807) is 0 Å². The van der Waals surface area contributed by atoms with E-state index in [4.69, 9.17) is 0 Å². The molecule has 3 aromatic heterocycles. The van der Waals surface area contributed by atoms with Crippen LogP contribution in [-0.2, 0) is 13.6 Å². The van der Waals surface area contributed by atoms with Gasteiger partial charge in [0.05, 0.1) is 17.7 Å². The Morgan fingerprint density at radius 1 is 1.26 bits per heavy atom. The van der Waals surface area contributed by atoms with Crippen molar-refractivity contribution < 1.29 is 0 Å². The van der Waals surface area contributed by atoms with E-state index in [0.717, 1.165) is 43.8 Å². The first-order chi connectivity index (χ1) is 11.2. The van der Waals surface area contributed by atoms with Gasteiger partial charge in [-0.05, 0) is 38.9 Å². The van der Waals surface area contributed by atoms with Crippen molar-refractivity contribution >= 4 is 5.65 Å². The summed E-state index contributed by atoms with van der Waals surface area (Å²) in [5.74, 6) is 0.558. The van der Waals surface area contributed by atoms with Gasteiger partial charge in [-0.1, -0.05) is 0 Å². The van der Waals surface area contributed by atoms with Crippen molar-refractivity contribution in [3.8, 4) is 0 Å². The van der Waals surface area contributed by atoms with E-state index in [0.29, 0.717) is 5.92 Å². The molecule has 0 unspecified atom stereocenters. The third-order valence-corrected chi connectivity index (χ3v) is 4.82. The molecule has 1 aliphatic rings. The zero-order valence-electron chi connectivity index (χ0n) is 13.7. The molecule has 120 valence electrons. The summed E-state index contributed by atoms with van der Waals surface area (Å²) in [7, 11) is 2.06. The van der Waals surface area contributed by atoms with Crippen molar-refractivity contribution in [3.05, 3.63) is 47.9 Å². The summed E-state index contributed by atoms with van der Waals surface area (Å²) in [5, 5.41) is 4.61. The van der Waals surface area contributed by atoms with E-state index in [-0.39, 0.29) is 0 Å². The monoisotopic (exact) mass is 310 g/mol. The van der Waals surface area contributed by atoms with E-state index in [9.17, 15) is 0 Å². The van der Waals surface area contributed by atoms with Crippen LogP contribution in [0.2, 0.25) is 0 Å². The van der Waals surface area contributed by atoms with E-state index in [2.05, 4.69) is 37.6 Å². The van der Waals surface area contributed by atoms with Crippen LogP contribution < -0.4 is 0 Å². The van der Waals surface area contributed by atoms with Gasteiger partial charge in [-0.2, -0.15) is 5.10 Å². The topological polar surface area (TPSA) is 51.2 Å². The van der Waals surface area contributed by atoms with Gasteiger partial charge in [0.2, 0.25) is 0 Å². The zero-order chi connectivity index (χ0) is 15.8. The maximum absolute atomic E-state index is 4.61. The molecule has 0 N–H and O–H groups in total. The average Bonchev–Trinajstić information content (AvgIpc) is 3.13. The third-order valence-electron chi connectivity index (χ3n) is 4.82. The standard InChI is InChI=1S/C17H22N6/c1-13-9-17-19-6-3-16(23(17)20-13)14-4-7-22(8-5-14)11-15-10-18-12-21(15)2/h3,6,9-10,12,14H,4-5,7-8,11H2,1-2H3. The van der Waals surface area contributed by atoms with Gasteiger partial charge in [0.1, 0.15) is 0 Å². The number of likely N-dealkylation sites (tertiary alicyclic amines) is 1. The van der Waals surface area contributed by atoms with Crippen LogP contribution in [-0.4, -0.2) is 42.1 Å². The van der Waals surface area contributed by atoms with E-state index < -0.39 is 0 Å². The minimum Gasteiger partial charge on any atom is -0.337 e. The molecule has 0 atom stereocenters. The molecule has 0 aliphatic carbocycles. The Balaban J connectivity index is 1.47. The number of piperidine rings is 1. The molecular weight excluding hydrogens is 288 g/mol. The Bertz CT molecular complexity index is 809. The Morgan fingerprint density at radius 3 is 2.83 bits per heavy atom. The normalized spacial score (nSPS) is 17.1. The lowest BCUT2D eigenvalue weighted by Gasteiger charge is -2.32. The molecule has 4 heterocycles. The molecular formula is C17H22N6. The van der Waals surface area contributed by atoms with Gasteiger partial charge in [-0.3, -0.25) is 4.90 Å². The van der Waals surface area contributed by atoms with Crippen LogP contribution >= 0.6 is 0 Å². The fourth-order valence-electron chi connectivity index (χ4n) is 3.49. The maximum atomic E-state index is 4.61. The Morgan fingerprint density at radius 2 is 2.09 bits per heavy atom. The Kier molecular flexibility index (Phi) is 3.61. The fourth-order valence-corrected chi connectivity index (χ4v) is 3.49. The molecule has 0 saturated carbocycles. The molecule has 0 spiro atoms. The molecule has 1 saturated heterocycles. The molecule has 4 rings (SSSR count). The van der Waals surface area contributed by atoms with Crippen molar-refractivity contribution in [1.82, 2.24) is 29.0 Å². The second-order valence-corrected chi connectivity index (χ2v) is 6.47. The summed E-state index contributed by atoms with van der Waals surface area (Å²) in [4.78, 5) is 11.1. The van der Waals surface area contributed by atoms with E-state index in [1.807, 2.05) is 36.2 Å². The molecule has 23 heavy (non-hydrogen) atoms. The molecule has 3 aromatic rings. The lowest BCUT2D eigenvalue weighted by molar-refractivity contribution is 0.198. The number of rotatable bonds is 3. The Hall–Kier alpha value is -2.21. The summed E-state index contributed by atoms with van der Waals surface area (Å²) in [6.07, 6.45) is 8.07. The smallest absolute Gasteiger partial charge is 0.155 e. The molecule has 0 aromatic carbocycles. The van der Waals surface area contributed by atoms with Crippen molar-refractivity contribution in [2.75, 3.05) is 13.1 Å². The van der Waals surface area contributed by atoms with Crippen LogP contribution in [0, 0.1) is 6.92 Å². The fraction of sp³-hybridized carbons (Fsp3) is 0.471. The van der Waals surface area contributed by atoms with Crippen LogP contribution in [0.1, 0.15) is 35.8 Å². The van der Waals surface area contributed by atoms with Crippen molar-refractivity contribution in [2.45, 2.75) is 32.2 Å². The van der Waals surface area contributed by atoms with Gasteiger partial charge in [0, 0.05) is 43.7 Å². The number of imidazole rings is 1. The molecule has 0 bridgehead atoms. The SMILES string of the molecule is Cc1cc2nccc(C3CCN(Cc4cncn4C)CC3)n2n1. The van der Waals surface area contributed by atoms with Gasteiger partial charge in [-0.15, -0.1) is 0 Å². The highest BCUT2D eigenvalue weighted by atomic mass is 15.3. The van der Waals surface area contributed by atoms with Gasteiger partial charge >= 0.3 is 0 Å². The predicted octanol–water partition coefficient (Wildman–Crippen LogP) is 2.15. The first kappa shape index (κ1) is 14.4. The molecule has 6 nitrogen and oxygen atoms in total. The van der Waals surface area contributed by atoms with Crippen molar-refractivity contribution in [3.63, 3.8) is 0 Å². The van der Waals surface area contributed by atoms with Crippen LogP contribution in [0.4, 0.5) is 0 Å². The minimum absolute atomic E-state index is 0.558. The summed E-state index contributed by atoms with van der Waals surface area (Å²) < 4.78 is 4.13. The van der Waals surface area contributed by atoms with Crippen LogP contribution in [0.25, 0.3) is 5.65 Å². The largest absolute Gasteiger partial charge is 0.337 e. The zero-order valence-corrected chi connectivity index (χ0v) is 13.7. The summed E-state index contributed by atoms with van der Waals surface area (Å²) in [5.41, 5.74) is 4.55. The molecule has 1 aliphatic heterocycles. The first-order valence-electron chi connectivity index (χ1n) is 8.19. The third kappa shape index (κ3) is 2.74. The summed E-state index contributed by atoms with van der Waals surface area (Å²) in [6, 6.07) is 4.17. The highest BCUT2D eigenvalue weighted by molar-refractivity contribution is 5.40.